The standard InChI is InChI=1S/2C12H20.Fe/c2*1-6-7-12-10(4)8(2)9(3)11(12)5;/h2*10H,6-7H2,1-5H3;. The Morgan fingerprint density at radius 3 is 1.00 bits per heavy atom. The van der Waals surface area contributed by atoms with Crippen molar-refractivity contribution in [3.8, 4) is 0 Å². The number of hydrogen-bond donors (Lipinski definition) is 0. The van der Waals surface area contributed by atoms with E-state index in [0.29, 0.717) is 11.8 Å². The van der Waals surface area contributed by atoms with Crippen LogP contribution in [0.25, 0.3) is 0 Å². The van der Waals surface area contributed by atoms with Gasteiger partial charge in [-0.3, -0.25) is 0 Å². The van der Waals surface area contributed by atoms with Gasteiger partial charge >= 0.3 is 0 Å². The molecule has 1 heteroatoms. The van der Waals surface area contributed by atoms with Gasteiger partial charge in [0.15, 0.2) is 0 Å². The fourth-order valence-electron chi connectivity index (χ4n) is 4.24. The summed E-state index contributed by atoms with van der Waals surface area (Å²) in [5.41, 5.74) is 12.7. The SMILES string of the molecule is CCCC1=C(C)C(C)=C(C)C1C.CCCC1=C(C)C(C)=C(C)C1C.[Fe]. The summed E-state index contributed by atoms with van der Waals surface area (Å²) in [5.74, 6) is 1.43. The van der Waals surface area contributed by atoms with E-state index >= 15 is 0 Å². The first-order chi connectivity index (χ1) is 11.2. The zero-order valence-corrected chi connectivity index (χ0v) is 19.4. The van der Waals surface area contributed by atoms with E-state index in [-0.39, 0.29) is 17.1 Å². The molecule has 2 aliphatic rings. The van der Waals surface area contributed by atoms with E-state index < -0.39 is 0 Å². The Morgan fingerprint density at radius 1 is 0.560 bits per heavy atom. The van der Waals surface area contributed by atoms with E-state index in [9.17, 15) is 0 Å². The van der Waals surface area contributed by atoms with E-state index in [1.807, 2.05) is 0 Å². The number of hydrogen-bond acceptors (Lipinski definition) is 0. The zero-order chi connectivity index (χ0) is 18.6. The Labute approximate surface area is 168 Å². The second-order valence-electron chi connectivity index (χ2n) is 7.86. The molecule has 0 aromatic rings. The van der Waals surface area contributed by atoms with Gasteiger partial charge < -0.3 is 0 Å². The molecular weight excluding hydrogens is 344 g/mol. The van der Waals surface area contributed by atoms with Gasteiger partial charge in [0.2, 0.25) is 0 Å². The second kappa shape index (κ2) is 10.6. The van der Waals surface area contributed by atoms with Gasteiger partial charge in [-0.25, -0.2) is 0 Å². The Bertz CT molecular complexity index is 542. The molecular formula is C24H40Fe. The largest absolute Gasteiger partial charge is 0.0651 e. The maximum atomic E-state index is 2.33. The van der Waals surface area contributed by atoms with Crippen molar-refractivity contribution in [1.29, 1.82) is 0 Å². The summed E-state index contributed by atoms with van der Waals surface area (Å²) in [5, 5.41) is 0. The summed E-state index contributed by atoms with van der Waals surface area (Å²) in [4.78, 5) is 0. The third-order valence-corrected chi connectivity index (χ3v) is 6.65. The van der Waals surface area contributed by atoms with E-state index in [1.54, 1.807) is 33.4 Å². The van der Waals surface area contributed by atoms with Crippen LogP contribution >= 0.6 is 0 Å². The number of rotatable bonds is 4. The van der Waals surface area contributed by atoms with Crippen LogP contribution in [0.1, 0.15) is 94.9 Å². The summed E-state index contributed by atoms with van der Waals surface area (Å²) >= 11 is 0. The molecule has 0 fully saturated rings. The molecule has 25 heavy (non-hydrogen) atoms. The van der Waals surface area contributed by atoms with Gasteiger partial charge in [-0.15, -0.1) is 0 Å². The van der Waals surface area contributed by atoms with Gasteiger partial charge in [-0.2, -0.15) is 0 Å². The minimum Gasteiger partial charge on any atom is -0.0651 e. The molecule has 0 nitrogen and oxygen atoms in total. The van der Waals surface area contributed by atoms with E-state index in [0.717, 1.165) is 0 Å². The monoisotopic (exact) mass is 384 g/mol. The topological polar surface area (TPSA) is 0 Å². The molecule has 2 rings (SSSR count). The molecule has 0 bridgehead atoms. The Balaban J connectivity index is 0.000000443. The van der Waals surface area contributed by atoms with Crippen molar-refractivity contribution in [2.45, 2.75) is 94.9 Å². The van der Waals surface area contributed by atoms with E-state index in [1.165, 1.54) is 36.8 Å². The first-order valence-corrected chi connectivity index (χ1v) is 9.93. The molecule has 0 aliphatic heterocycles. The van der Waals surface area contributed by atoms with Gasteiger partial charge in [0.05, 0.1) is 0 Å². The third kappa shape index (κ3) is 5.24. The normalized spacial score (nSPS) is 23.3. The average molecular weight is 384 g/mol. The molecule has 0 saturated heterocycles. The summed E-state index contributed by atoms with van der Waals surface area (Å²) in [6.45, 7) is 22.8. The molecule has 0 N–H and O–H groups in total. The molecule has 0 heterocycles. The van der Waals surface area contributed by atoms with Crippen molar-refractivity contribution in [1.82, 2.24) is 0 Å². The van der Waals surface area contributed by atoms with Gasteiger partial charge in [0.1, 0.15) is 0 Å². The minimum absolute atomic E-state index is 0. The first-order valence-electron chi connectivity index (χ1n) is 9.93. The summed E-state index contributed by atoms with van der Waals surface area (Å²) in [6.07, 6.45) is 5.11. The van der Waals surface area contributed by atoms with Crippen molar-refractivity contribution in [3.05, 3.63) is 44.6 Å². The first kappa shape index (κ1) is 24.5. The molecule has 0 saturated carbocycles. The summed E-state index contributed by atoms with van der Waals surface area (Å²) < 4.78 is 0. The predicted molar refractivity (Wildman–Crippen MR) is 110 cm³/mol. The Hall–Kier alpha value is -0.521. The molecule has 2 aliphatic carbocycles. The van der Waals surface area contributed by atoms with Crippen LogP contribution in [0.3, 0.4) is 0 Å². The maximum absolute atomic E-state index is 2.33. The zero-order valence-electron chi connectivity index (χ0n) is 18.3. The minimum atomic E-state index is 0. The van der Waals surface area contributed by atoms with E-state index in [2.05, 4.69) is 69.2 Å². The maximum Gasteiger partial charge on any atom is 0 e. The van der Waals surface area contributed by atoms with Crippen LogP contribution in [-0.2, 0) is 17.1 Å². The van der Waals surface area contributed by atoms with Crippen LogP contribution in [0, 0.1) is 11.8 Å². The summed E-state index contributed by atoms with van der Waals surface area (Å²) in [7, 11) is 0. The van der Waals surface area contributed by atoms with Gasteiger partial charge in [0.25, 0.3) is 0 Å². The quantitative estimate of drug-likeness (QED) is 0.429. The molecule has 0 radical (unpaired) electrons. The van der Waals surface area contributed by atoms with Crippen LogP contribution in [0.2, 0.25) is 0 Å². The van der Waals surface area contributed by atoms with Crippen molar-refractivity contribution < 1.29 is 17.1 Å². The molecule has 0 aromatic carbocycles. The van der Waals surface area contributed by atoms with Gasteiger partial charge in [-0.1, -0.05) is 62.8 Å². The van der Waals surface area contributed by atoms with E-state index in [4.69, 9.17) is 0 Å². The number of allylic oxidation sites excluding steroid dienone is 8. The van der Waals surface area contributed by atoms with Crippen LogP contribution in [0.15, 0.2) is 44.6 Å². The Kier molecular flexibility index (Phi) is 10.4. The van der Waals surface area contributed by atoms with Crippen molar-refractivity contribution >= 4 is 0 Å². The van der Waals surface area contributed by atoms with Crippen molar-refractivity contribution in [2.24, 2.45) is 11.8 Å². The molecule has 144 valence electrons. The molecule has 0 amide bonds. The van der Waals surface area contributed by atoms with Crippen molar-refractivity contribution in [2.75, 3.05) is 0 Å². The molecule has 0 spiro atoms. The molecule has 2 unspecified atom stereocenters. The molecule has 2 atom stereocenters. The second-order valence-corrected chi connectivity index (χ2v) is 7.86. The predicted octanol–water partition coefficient (Wildman–Crippen LogP) is 8.18. The fraction of sp³-hybridized carbons (Fsp3) is 0.667. The average Bonchev–Trinajstić information content (AvgIpc) is 2.86. The van der Waals surface area contributed by atoms with Gasteiger partial charge in [-0.05, 0) is 88.5 Å². The van der Waals surface area contributed by atoms with Crippen LogP contribution in [0.5, 0.6) is 0 Å². The Morgan fingerprint density at radius 2 is 0.840 bits per heavy atom. The van der Waals surface area contributed by atoms with Crippen LogP contribution in [0.4, 0.5) is 0 Å². The van der Waals surface area contributed by atoms with Crippen LogP contribution in [-0.4, -0.2) is 0 Å². The summed E-state index contributed by atoms with van der Waals surface area (Å²) in [6, 6.07) is 0. The van der Waals surface area contributed by atoms with Crippen molar-refractivity contribution in [3.63, 3.8) is 0 Å². The molecule has 0 aromatic heterocycles. The fourth-order valence-corrected chi connectivity index (χ4v) is 4.24. The third-order valence-electron chi connectivity index (χ3n) is 6.65. The van der Waals surface area contributed by atoms with Crippen LogP contribution < -0.4 is 0 Å². The smallest absolute Gasteiger partial charge is 0 e. The van der Waals surface area contributed by atoms with Gasteiger partial charge in [0, 0.05) is 17.1 Å².